The van der Waals surface area contributed by atoms with E-state index in [4.69, 9.17) is 0 Å². The molecule has 2 aliphatic rings. The van der Waals surface area contributed by atoms with Crippen LogP contribution in [0.1, 0.15) is 75.3 Å². The maximum Gasteiger partial charge on any atom is 0.309 e. The third-order valence-electron chi connectivity index (χ3n) is 6.61. The van der Waals surface area contributed by atoms with Crippen molar-refractivity contribution in [2.45, 2.75) is 77.0 Å². The van der Waals surface area contributed by atoms with E-state index < -0.39 is 22.8 Å². The molecule has 0 spiro atoms. The minimum absolute atomic E-state index is 0.552. The molecule has 1 aromatic carbocycles. The summed E-state index contributed by atoms with van der Waals surface area (Å²) in [6.07, 6.45) is 10.2. The van der Waals surface area contributed by atoms with E-state index in [0.717, 1.165) is 75.3 Å². The number of carboxylic acid groups (broad SMARTS) is 2. The lowest BCUT2D eigenvalue weighted by Crippen LogP contribution is -2.36. The van der Waals surface area contributed by atoms with Crippen LogP contribution in [0.5, 0.6) is 0 Å². The number of carboxylic acids is 2. The first kappa shape index (κ1) is 18.9. The number of rotatable bonds is 6. The minimum atomic E-state index is -0.683. The number of carbonyl (C=O) groups is 2. The molecule has 2 saturated carbocycles. The Morgan fingerprint density at radius 3 is 1.46 bits per heavy atom. The highest BCUT2D eigenvalue weighted by Crippen LogP contribution is 2.41. The van der Waals surface area contributed by atoms with Gasteiger partial charge in [-0.25, -0.2) is 0 Å². The molecule has 0 aliphatic heterocycles. The molecule has 0 aromatic heterocycles. The molecule has 0 bridgehead atoms. The SMILES string of the molecule is O=C(O)C1(Cc2cccc(CC3(C(=O)O)CCCCC3)c2)CCCCC1. The van der Waals surface area contributed by atoms with Gasteiger partial charge in [0.05, 0.1) is 10.8 Å². The van der Waals surface area contributed by atoms with Crippen molar-refractivity contribution < 1.29 is 19.8 Å². The van der Waals surface area contributed by atoms with E-state index in [0.29, 0.717) is 12.8 Å². The van der Waals surface area contributed by atoms with Gasteiger partial charge in [-0.15, -0.1) is 0 Å². The fourth-order valence-electron chi connectivity index (χ4n) is 5.02. The molecule has 2 fully saturated rings. The quantitative estimate of drug-likeness (QED) is 0.763. The molecular weight excluding hydrogens is 328 g/mol. The second-order valence-electron chi connectivity index (χ2n) is 8.47. The van der Waals surface area contributed by atoms with Gasteiger partial charge < -0.3 is 10.2 Å². The van der Waals surface area contributed by atoms with Crippen LogP contribution in [0.25, 0.3) is 0 Å². The van der Waals surface area contributed by atoms with Crippen LogP contribution in [0.4, 0.5) is 0 Å². The van der Waals surface area contributed by atoms with Crippen molar-refractivity contribution in [3.63, 3.8) is 0 Å². The summed E-state index contributed by atoms with van der Waals surface area (Å²) in [6.45, 7) is 0. The second kappa shape index (κ2) is 7.81. The fourth-order valence-corrected chi connectivity index (χ4v) is 5.02. The molecule has 0 heterocycles. The fraction of sp³-hybridized carbons (Fsp3) is 0.636. The van der Waals surface area contributed by atoms with Crippen LogP contribution in [0.3, 0.4) is 0 Å². The van der Waals surface area contributed by atoms with Crippen molar-refractivity contribution in [2.24, 2.45) is 10.8 Å². The van der Waals surface area contributed by atoms with Crippen molar-refractivity contribution in [1.29, 1.82) is 0 Å². The van der Waals surface area contributed by atoms with Gasteiger partial charge >= 0.3 is 11.9 Å². The summed E-state index contributed by atoms with van der Waals surface area (Å²) in [4.78, 5) is 23.9. The Morgan fingerprint density at radius 2 is 1.12 bits per heavy atom. The predicted molar refractivity (Wildman–Crippen MR) is 100 cm³/mol. The Labute approximate surface area is 155 Å². The molecule has 4 nitrogen and oxygen atoms in total. The van der Waals surface area contributed by atoms with Gasteiger partial charge in [0.2, 0.25) is 0 Å². The zero-order valence-electron chi connectivity index (χ0n) is 15.5. The van der Waals surface area contributed by atoms with Gasteiger partial charge in [0.15, 0.2) is 0 Å². The Hall–Kier alpha value is -1.84. The molecule has 26 heavy (non-hydrogen) atoms. The largest absolute Gasteiger partial charge is 0.481 e. The standard InChI is InChI=1S/C22H30O4/c23-19(24)21(10-3-1-4-11-21)15-17-8-7-9-18(14-17)16-22(20(25)26)12-5-2-6-13-22/h7-9,14H,1-6,10-13,15-16H2,(H,23,24)(H,25,26). The van der Waals surface area contributed by atoms with Crippen molar-refractivity contribution in [2.75, 3.05) is 0 Å². The lowest BCUT2D eigenvalue weighted by atomic mass is 9.69. The highest BCUT2D eigenvalue weighted by molar-refractivity contribution is 5.76. The van der Waals surface area contributed by atoms with Gasteiger partial charge in [-0.3, -0.25) is 9.59 Å². The van der Waals surface area contributed by atoms with Crippen LogP contribution in [0.2, 0.25) is 0 Å². The third kappa shape index (κ3) is 3.94. The summed E-state index contributed by atoms with van der Waals surface area (Å²) in [5.74, 6) is -1.37. The number of hydrogen-bond acceptors (Lipinski definition) is 2. The van der Waals surface area contributed by atoms with Crippen LogP contribution >= 0.6 is 0 Å². The van der Waals surface area contributed by atoms with Crippen molar-refractivity contribution in [3.8, 4) is 0 Å². The van der Waals surface area contributed by atoms with Crippen molar-refractivity contribution >= 4 is 11.9 Å². The molecule has 0 atom stereocenters. The van der Waals surface area contributed by atoms with Gasteiger partial charge in [-0.1, -0.05) is 62.8 Å². The summed E-state index contributed by atoms with van der Waals surface area (Å²) < 4.78 is 0. The molecule has 0 unspecified atom stereocenters. The van der Waals surface area contributed by atoms with Crippen LogP contribution in [-0.2, 0) is 22.4 Å². The molecule has 142 valence electrons. The van der Waals surface area contributed by atoms with Crippen LogP contribution in [0, 0.1) is 10.8 Å². The van der Waals surface area contributed by atoms with Gasteiger partial charge in [-0.2, -0.15) is 0 Å². The zero-order chi connectivity index (χ0) is 18.6. The Balaban J connectivity index is 1.79. The maximum absolute atomic E-state index is 11.9. The first-order valence-corrected chi connectivity index (χ1v) is 10.0. The smallest absolute Gasteiger partial charge is 0.309 e. The van der Waals surface area contributed by atoms with E-state index in [1.54, 1.807) is 0 Å². The van der Waals surface area contributed by atoms with E-state index in [1.807, 2.05) is 18.2 Å². The summed E-state index contributed by atoms with van der Waals surface area (Å²) >= 11 is 0. The molecule has 1 aromatic rings. The lowest BCUT2D eigenvalue weighted by Gasteiger charge is -2.34. The number of aliphatic carboxylic acids is 2. The van der Waals surface area contributed by atoms with Gasteiger partial charge in [0, 0.05) is 0 Å². The maximum atomic E-state index is 11.9. The third-order valence-corrected chi connectivity index (χ3v) is 6.61. The Morgan fingerprint density at radius 1 is 0.731 bits per heavy atom. The molecule has 2 aliphatic carbocycles. The van der Waals surface area contributed by atoms with Crippen molar-refractivity contribution in [3.05, 3.63) is 35.4 Å². The first-order valence-electron chi connectivity index (χ1n) is 10.0. The highest BCUT2D eigenvalue weighted by atomic mass is 16.4. The number of benzene rings is 1. The Bertz CT molecular complexity index is 599. The molecule has 3 rings (SSSR count). The second-order valence-corrected chi connectivity index (χ2v) is 8.47. The van der Waals surface area contributed by atoms with Gasteiger partial charge in [-0.05, 0) is 49.7 Å². The van der Waals surface area contributed by atoms with Crippen molar-refractivity contribution in [1.82, 2.24) is 0 Å². The summed E-state index contributed by atoms with van der Waals surface area (Å²) in [6, 6.07) is 8.01. The van der Waals surface area contributed by atoms with Gasteiger partial charge in [0.25, 0.3) is 0 Å². The summed E-state index contributed by atoms with van der Waals surface area (Å²) in [7, 11) is 0. The minimum Gasteiger partial charge on any atom is -0.481 e. The van der Waals surface area contributed by atoms with Gasteiger partial charge in [0.1, 0.15) is 0 Å². The lowest BCUT2D eigenvalue weighted by molar-refractivity contribution is -0.151. The zero-order valence-corrected chi connectivity index (χ0v) is 15.5. The molecule has 2 N–H and O–H groups in total. The van der Waals surface area contributed by atoms with E-state index in [-0.39, 0.29) is 0 Å². The van der Waals surface area contributed by atoms with Crippen LogP contribution in [0.15, 0.2) is 24.3 Å². The Kier molecular flexibility index (Phi) is 5.69. The molecule has 0 saturated heterocycles. The summed E-state index contributed by atoms with van der Waals surface area (Å²) in [5, 5.41) is 19.6. The average Bonchev–Trinajstić information content (AvgIpc) is 2.63. The molecule has 0 radical (unpaired) electrons. The van der Waals surface area contributed by atoms with E-state index >= 15 is 0 Å². The molecule has 0 amide bonds. The average molecular weight is 358 g/mol. The first-order chi connectivity index (χ1) is 12.5. The van der Waals surface area contributed by atoms with Crippen LogP contribution in [-0.4, -0.2) is 22.2 Å². The normalized spacial score (nSPS) is 21.8. The monoisotopic (exact) mass is 358 g/mol. The van der Waals surface area contributed by atoms with E-state index in [2.05, 4.69) is 6.07 Å². The predicted octanol–water partition coefficient (Wildman–Crippen LogP) is 4.84. The summed E-state index contributed by atoms with van der Waals surface area (Å²) in [5.41, 5.74) is 0.768. The molecule has 4 heteroatoms. The van der Waals surface area contributed by atoms with E-state index in [9.17, 15) is 19.8 Å². The highest BCUT2D eigenvalue weighted by Gasteiger charge is 2.41. The topological polar surface area (TPSA) is 74.6 Å². The number of hydrogen-bond donors (Lipinski definition) is 2. The van der Waals surface area contributed by atoms with E-state index in [1.165, 1.54) is 0 Å². The molecular formula is C22H30O4. The van der Waals surface area contributed by atoms with Crippen LogP contribution < -0.4 is 0 Å².